The molecule has 0 bridgehead atoms. The van der Waals surface area contributed by atoms with Crippen LogP contribution in [0.25, 0.3) is 11.1 Å². The summed E-state index contributed by atoms with van der Waals surface area (Å²) in [5, 5.41) is -14.0. The third kappa shape index (κ3) is 13.6. The molecule has 4 aromatic rings. The minimum atomic E-state index is -5.93. The molecule has 0 aliphatic rings. The Hall–Kier alpha value is -5.40. The van der Waals surface area contributed by atoms with E-state index in [1.54, 1.807) is 24.3 Å². The Morgan fingerprint density at radius 2 is 0.633 bits per heavy atom. The van der Waals surface area contributed by atoms with Crippen molar-refractivity contribution < 1.29 is 93.8 Å². The van der Waals surface area contributed by atoms with Gasteiger partial charge in [-0.2, -0.15) is 26.3 Å². The number of esters is 3. The summed E-state index contributed by atoms with van der Waals surface area (Å²) in [7, 11) is -17.7. The molecule has 0 heterocycles. The zero-order valence-corrected chi connectivity index (χ0v) is 33.3. The van der Waals surface area contributed by atoms with E-state index in [2.05, 4.69) is 14.2 Å². The van der Waals surface area contributed by atoms with Gasteiger partial charge in [0, 0.05) is 0 Å². The monoisotopic (exact) mass is 913 g/mol. The van der Waals surface area contributed by atoms with Crippen LogP contribution in [0.3, 0.4) is 0 Å². The molecule has 15 nitrogen and oxygen atoms in total. The molecule has 4 rings (SSSR count). The quantitative estimate of drug-likeness (QED) is 0.0667. The van der Waals surface area contributed by atoms with Gasteiger partial charge >= 0.3 is 33.7 Å². The third-order valence-corrected chi connectivity index (χ3v) is 10.5. The SMILES string of the molecule is CC(OC(=O)c1ccc(-c2ccccc2)cc1)C(F)(F)S(=O)(=O)[O-].CC(OC(=O)c1ccccc1)C(F)(F)S(=O)(=O)[O-].CC(OC(=O)c1ccccc1)C(F)(F)S(=O)(=O)[O-]. The second kappa shape index (κ2) is 20.2. The molecule has 0 aliphatic heterocycles. The Labute approximate surface area is 339 Å². The smallest absolute Gasteiger partial charge is 0.370 e. The van der Waals surface area contributed by atoms with E-state index < -0.39 is 82.3 Å². The Kier molecular flexibility index (Phi) is 17.1. The van der Waals surface area contributed by atoms with Crippen molar-refractivity contribution in [1.82, 2.24) is 0 Å². The Bertz CT molecular complexity index is 2310. The number of ether oxygens (including phenoxy) is 3. The highest BCUT2D eigenvalue weighted by Gasteiger charge is 2.48. The second-order valence-electron chi connectivity index (χ2n) is 11.9. The minimum absolute atomic E-state index is 0.0246. The van der Waals surface area contributed by atoms with Crippen LogP contribution in [0.1, 0.15) is 51.8 Å². The predicted molar refractivity (Wildman–Crippen MR) is 193 cm³/mol. The van der Waals surface area contributed by atoms with Gasteiger partial charge in [0.1, 0.15) is 0 Å². The molecule has 0 aliphatic carbocycles. The van der Waals surface area contributed by atoms with E-state index in [0.29, 0.717) is 20.8 Å². The number of alkyl halides is 6. The number of hydrogen-bond donors (Lipinski definition) is 0. The molecule has 0 radical (unpaired) electrons. The first-order valence-corrected chi connectivity index (χ1v) is 20.6. The zero-order valence-electron chi connectivity index (χ0n) is 30.8. The lowest BCUT2D eigenvalue weighted by atomic mass is 10.0. The van der Waals surface area contributed by atoms with Gasteiger partial charge < -0.3 is 27.9 Å². The summed E-state index contributed by atoms with van der Waals surface area (Å²) in [6.45, 7) is 1.91. The topological polar surface area (TPSA) is 250 Å². The van der Waals surface area contributed by atoms with E-state index in [0.717, 1.165) is 11.1 Å². The van der Waals surface area contributed by atoms with Crippen LogP contribution in [0.5, 0.6) is 0 Å². The molecule has 24 heteroatoms. The number of halogens is 6. The maximum Gasteiger partial charge on any atom is 0.370 e. The number of carbonyl (C=O) groups is 3. The van der Waals surface area contributed by atoms with Crippen molar-refractivity contribution in [2.75, 3.05) is 0 Å². The highest BCUT2D eigenvalue weighted by Crippen LogP contribution is 2.30. The first-order chi connectivity index (χ1) is 27.4. The highest BCUT2D eigenvalue weighted by atomic mass is 32.2. The van der Waals surface area contributed by atoms with Crippen LogP contribution in [0, 0.1) is 0 Å². The molecule has 3 unspecified atom stereocenters. The first kappa shape index (κ1) is 50.7. The van der Waals surface area contributed by atoms with E-state index in [4.69, 9.17) is 0 Å². The fourth-order valence-electron chi connectivity index (χ4n) is 4.08. The van der Waals surface area contributed by atoms with Gasteiger partial charge in [-0.1, -0.05) is 78.9 Å². The van der Waals surface area contributed by atoms with Crippen molar-refractivity contribution >= 4 is 48.3 Å². The second-order valence-corrected chi connectivity index (χ2v) is 16.2. The molecule has 328 valence electrons. The minimum Gasteiger partial charge on any atom is -0.743 e. The maximum absolute atomic E-state index is 13.3. The number of rotatable bonds is 13. The van der Waals surface area contributed by atoms with Crippen molar-refractivity contribution in [3.8, 4) is 11.1 Å². The predicted octanol–water partition coefficient (Wildman–Crippen LogP) is 5.78. The summed E-state index contributed by atoms with van der Waals surface area (Å²) in [4.78, 5) is 34.6. The molecular weight excluding hydrogens is 883 g/mol. The normalized spacial score (nSPS) is 13.7. The Balaban J connectivity index is 0.000000315. The number of benzene rings is 4. The lowest BCUT2D eigenvalue weighted by Gasteiger charge is -2.25. The molecule has 0 N–H and O–H groups in total. The van der Waals surface area contributed by atoms with Crippen molar-refractivity contribution in [2.45, 2.75) is 54.8 Å². The largest absolute Gasteiger partial charge is 0.743 e. The van der Waals surface area contributed by atoms with Gasteiger partial charge in [0.05, 0.1) is 16.7 Å². The summed E-state index contributed by atoms with van der Waals surface area (Å²) in [6, 6.07) is 29.5. The molecule has 0 fully saturated rings. The molecule has 0 spiro atoms. The summed E-state index contributed by atoms with van der Waals surface area (Å²) in [5.74, 6) is -3.41. The van der Waals surface area contributed by atoms with Crippen LogP contribution in [0.4, 0.5) is 26.3 Å². The van der Waals surface area contributed by atoms with Crippen LogP contribution < -0.4 is 0 Å². The summed E-state index contributed by atoms with van der Waals surface area (Å²) in [6.07, 6.45) is -7.14. The summed E-state index contributed by atoms with van der Waals surface area (Å²) < 4.78 is 185. The van der Waals surface area contributed by atoms with Gasteiger partial charge in [-0.25, -0.2) is 39.6 Å². The number of carbonyl (C=O) groups excluding carboxylic acids is 3. The molecule has 4 aromatic carbocycles. The van der Waals surface area contributed by atoms with Crippen LogP contribution in [-0.4, -0.2) is 90.9 Å². The third-order valence-electron chi connectivity index (χ3n) is 7.52. The van der Waals surface area contributed by atoms with Gasteiger partial charge in [0.2, 0.25) is 0 Å². The molecule has 0 saturated heterocycles. The van der Waals surface area contributed by atoms with Crippen LogP contribution in [0.2, 0.25) is 0 Å². The van der Waals surface area contributed by atoms with Crippen molar-refractivity contribution in [3.05, 3.63) is 132 Å². The summed E-state index contributed by atoms with van der Waals surface area (Å²) in [5.41, 5.74) is 1.61. The molecule has 3 atom stereocenters. The van der Waals surface area contributed by atoms with Gasteiger partial charge in [0.25, 0.3) is 0 Å². The lowest BCUT2D eigenvalue weighted by molar-refractivity contribution is -0.0555. The first-order valence-electron chi connectivity index (χ1n) is 16.3. The Morgan fingerprint density at radius 1 is 0.417 bits per heavy atom. The van der Waals surface area contributed by atoms with E-state index in [-0.39, 0.29) is 16.7 Å². The zero-order chi connectivity index (χ0) is 45.9. The van der Waals surface area contributed by atoms with Gasteiger partial charge in [-0.15, -0.1) is 0 Å². The molecule has 0 amide bonds. The summed E-state index contributed by atoms with van der Waals surface area (Å²) >= 11 is 0. The fraction of sp³-hybridized carbons (Fsp3) is 0.250. The molecule has 0 saturated carbocycles. The highest BCUT2D eigenvalue weighted by molar-refractivity contribution is 7.87. The average Bonchev–Trinajstić information content (AvgIpc) is 3.18. The van der Waals surface area contributed by atoms with Crippen molar-refractivity contribution in [1.29, 1.82) is 0 Å². The van der Waals surface area contributed by atoms with E-state index >= 15 is 0 Å². The van der Waals surface area contributed by atoms with Crippen LogP contribution in [0.15, 0.2) is 115 Å². The fourth-order valence-corrected chi connectivity index (χ4v) is 5.44. The van der Waals surface area contributed by atoms with E-state index in [1.165, 1.54) is 60.7 Å². The number of hydrogen-bond acceptors (Lipinski definition) is 15. The van der Waals surface area contributed by atoms with Gasteiger partial charge in [-0.05, 0) is 68.3 Å². The van der Waals surface area contributed by atoms with Gasteiger partial charge in [0.15, 0.2) is 48.7 Å². The van der Waals surface area contributed by atoms with Crippen molar-refractivity contribution in [3.63, 3.8) is 0 Å². The van der Waals surface area contributed by atoms with Crippen LogP contribution in [-0.2, 0) is 44.6 Å². The van der Waals surface area contributed by atoms with Gasteiger partial charge in [-0.3, -0.25) is 0 Å². The maximum atomic E-state index is 13.3. The molecule has 60 heavy (non-hydrogen) atoms. The Morgan fingerprint density at radius 3 is 0.883 bits per heavy atom. The standard InChI is InChI=1S/C16H14F2O5S.2C10H10F2O5S/c1-11(16(17,18)24(20,21)22)23-15(19)14-9-7-13(8-10-14)12-5-3-2-4-6-12;2*1-7(10(11,12)18(14,15)16)17-9(13)8-5-3-2-4-6-8/h2-11H,1H3,(H,20,21,22);2*2-7H,1H3,(H,14,15,16)/p-3. The van der Waals surface area contributed by atoms with Crippen molar-refractivity contribution in [2.24, 2.45) is 0 Å². The molecular formula is C36H31F6O15S3-3. The van der Waals surface area contributed by atoms with E-state index in [1.807, 2.05) is 30.3 Å². The van der Waals surface area contributed by atoms with E-state index in [9.17, 15) is 79.6 Å². The molecule has 0 aromatic heterocycles. The lowest BCUT2D eigenvalue weighted by Crippen LogP contribution is -2.42. The average molecular weight is 914 g/mol. The van der Waals surface area contributed by atoms with Crippen LogP contribution >= 0.6 is 0 Å².